The van der Waals surface area contributed by atoms with Crippen molar-refractivity contribution in [3.05, 3.63) is 46.6 Å². The van der Waals surface area contributed by atoms with Crippen molar-refractivity contribution >= 4 is 56.5 Å². The van der Waals surface area contributed by atoms with E-state index < -0.39 is 86.4 Å². The fourth-order valence-corrected chi connectivity index (χ4v) is 10.9. The van der Waals surface area contributed by atoms with Crippen LogP contribution >= 0.6 is 22.7 Å². The molecule has 0 unspecified atom stereocenters. The first-order valence-electron chi connectivity index (χ1n) is 21.0. The highest BCUT2D eigenvalue weighted by Gasteiger charge is 2.62. The van der Waals surface area contributed by atoms with Crippen LogP contribution in [0.1, 0.15) is 88.9 Å². The van der Waals surface area contributed by atoms with Gasteiger partial charge in [-0.25, -0.2) is 28.2 Å². The third-order valence-electron chi connectivity index (χ3n) is 12.1. The summed E-state index contributed by atoms with van der Waals surface area (Å²) in [4.78, 5) is 73.6. The number of hydrogen-bond acceptors (Lipinski definition) is 13. The first-order chi connectivity index (χ1) is 29.6. The number of rotatable bonds is 10. The Morgan fingerprint density at radius 3 is 2.41 bits per heavy atom. The maximum absolute atomic E-state index is 15.0. The zero-order chi connectivity index (χ0) is 45.6. The van der Waals surface area contributed by atoms with Gasteiger partial charge in [-0.1, -0.05) is 32.4 Å². The molecular formula is C42H52F3N7O8S3. The van der Waals surface area contributed by atoms with E-state index in [1.54, 1.807) is 37.5 Å². The molecule has 5 heterocycles. The second kappa shape index (κ2) is 17.7. The number of halogens is 3. The van der Waals surface area contributed by atoms with Crippen LogP contribution in [-0.4, -0.2) is 99.4 Å². The van der Waals surface area contributed by atoms with Gasteiger partial charge in [0, 0.05) is 41.7 Å². The minimum Gasteiger partial charge on any atom is -0.488 e. The Morgan fingerprint density at radius 1 is 1.05 bits per heavy atom. The molecule has 0 radical (unpaired) electrons. The van der Waals surface area contributed by atoms with Crippen LogP contribution in [0.25, 0.3) is 21.3 Å². The second-order valence-electron chi connectivity index (χ2n) is 17.6. The van der Waals surface area contributed by atoms with E-state index >= 15 is 4.79 Å². The Labute approximate surface area is 372 Å². The Balaban J connectivity index is 1.25. The average molecular weight is 936 g/mol. The van der Waals surface area contributed by atoms with Crippen LogP contribution < -0.4 is 20.1 Å². The summed E-state index contributed by atoms with van der Waals surface area (Å²) >= 11 is 2.86. The van der Waals surface area contributed by atoms with Crippen molar-refractivity contribution in [1.82, 2.24) is 35.2 Å². The minimum absolute atomic E-state index is 0.0374. The van der Waals surface area contributed by atoms with E-state index in [4.69, 9.17) is 14.5 Å². The van der Waals surface area contributed by atoms with Crippen molar-refractivity contribution in [2.45, 2.75) is 134 Å². The number of alkyl carbamates (subject to hydrolysis) is 1. The molecule has 0 bridgehead atoms. The zero-order valence-corrected chi connectivity index (χ0v) is 38.2. The molecule has 1 saturated heterocycles. The lowest BCUT2D eigenvalue weighted by Gasteiger charge is -2.35. The monoisotopic (exact) mass is 935 g/mol. The predicted octanol–water partition coefficient (Wildman–Crippen LogP) is 6.62. The van der Waals surface area contributed by atoms with E-state index in [1.165, 1.54) is 27.6 Å². The molecule has 4 amide bonds. The number of carbonyl (C=O) groups excluding carboxylic acids is 4. The molecule has 3 aromatic heterocycles. The standard InChI is InChI=1S/C42H52F3N7O8S3/c1-7-25-14-22(2)10-8-9-11-26-18-41(26,38(55)51-63(57,58)29-12-13-29)50-35(53)32-17-28(21-52(32)37(54)34(25)49-39(56)60-40(5,6)42(43,44)45)59-27-15-30(33-20-46-24(4)62-33)48-31(16-27)36-47-19-23(3)61-36/h9,11,15-16,19-20,22,25-26,28-29,32,34H,7-8,10,12-14,17-18,21H2,1-6H3,(H,49,56)(H,50,53)(H,51,55)/b11-9-/t22-,25-,26-,28-,32+,34+,41-/m1/s1. The number of pyridine rings is 1. The number of hydrogen-bond donors (Lipinski definition) is 3. The van der Waals surface area contributed by atoms with Gasteiger partial charge in [0.2, 0.25) is 27.4 Å². The van der Waals surface area contributed by atoms with E-state index in [1.807, 2.05) is 26.8 Å². The van der Waals surface area contributed by atoms with Crippen molar-refractivity contribution in [1.29, 1.82) is 0 Å². The third kappa shape index (κ3) is 10.3. The van der Waals surface area contributed by atoms with Crippen LogP contribution in [0.15, 0.2) is 36.7 Å². The third-order valence-corrected chi connectivity index (χ3v) is 15.8. The second-order valence-corrected chi connectivity index (χ2v) is 22.0. The van der Waals surface area contributed by atoms with Gasteiger partial charge < -0.3 is 25.0 Å². The first-order valence-corrected chi connectivity index (χ1v) is 24.2. The summed E-state index contributed by atoms with van der Waals surface area (Å²) in [5.74, 6) is -3.24. The van der Waals surface area contributed by atoms with Crippen LogP contribution in [0.2, 0.25) is 0 Å². The Kier molecular flexibility index (Phi) is 13.1. The van der Waals surface area contributed by atoms with Gasteiger partial charge in [-0.05, 0) is 78.1 Å². The fraction of sp³-hybridized carbons (Fsp3) is 0.595. The number of nitrogens with zero attached hydrogens (tertiary/aromatic N) is 4. The molecule has 7 rings (SSSR count). The number of amides is 4. The number of aryl methyl sites for hydroxylation is 2. The average Bonchev–Trinajstić information content (AvgIpc) is 4.02. The molecule has 2 aliphatic heterocycles. The number of alkyl halides is 3. The highest BCUT2D eigenvalue weighted by Crippen LogP contribution is 2.46. The van der Waals surface area contributed by atoms with E-state index in [0.29, 0.717) is 74.5 Å². The van der Waals surface area contributed by atoms with Gasteiger partial charge in [0.25, 0.3) is 5.91 Å². The van der Waals surface area contributed by atoms with Gasteiger partial charge in [-0.15, -0.1) is 22.7 Å². The summed E-state index contributed by atoms with van der Waals surface area (Å²) < 4.78 is 81.2. The lowest BCUT2D eigenvalue weighted by molar-refractivity contribution is -0.244. The van der Waals surface area contributed by atoms with Crippen LogP contribution in [0.5, 0.6) is 5.75 Å². The van der Waals surface area contributed by atoms with Crippen molar-refractivity contribution in [3.8, 4) is 27.0 Å². The molecule has 3 N–H and O–H groups in total. The van der Waals surface area contributed by atoms with Gasteiger partial charge in [0.1, 0.15) is 40.2 Å². The number of sulfonamides is 1. The lowest BCUT2D eigenvalue weighted by atomic mass is 9.85. The summed E-state index contributed by atoms with van der Waals surface area (Å²) in [7, 11) is -4.00. The first kappa shape index (κ1) is 46.4. The van der Waals surface area contributed by atoms with Gasteiger partial charge >= 0.3 is 12.3 Å². The Hall–Kier alpha value is -4.63. The van der Waals surface area contributed by atoms with Crippen LogP contribution in [0, 0.1) is 31.6 Å². The molecule has 7 atom stereocenters. The van der Waals surface area contributed by atoms with E-state index in [2.05, 4.69) is 25.3 Å². The topological polar surface area (TPSA) is 199 Å². The summed E-state index contributed by atoms with van der Waals surface area (Å²) in [5, 5.41) is 6.01. The van der Waals surface area contributed by atoms with Gasteiger partial charge in [-0.3, -0.25) is 19.1 Å². The molecule has 342 valence electrons. The molecule has 2 aliphatic carbocycles. The number of aromatic nitrogens is 3. The van der Waals surface area contributed by atoms with Crippen molar-refractivity contribution in [2.75, 3.05) is 6.54 Å². The number of carbonyl (C=O) groups is 4. The molecule has 0 spiro atoms. The quantitative estimate of drug-likeness (QED) is 0.185. The molecule has 15 nitrogen and oxygen atoms in total. The largest absolute Gasteiger partial charge is 0.488 e. The van der Waals surface area contributed by atoms with Gasteiger partial charge in [-0.2, -0.15) is 13.2 Å². The Morgan fingerprint density at radius 2 is 1.78 bits per heavy atom. The molecule has 21 heteroatoms. The summed E-state index contributed by atoms with van der Waals surface area (Å²) in [5.41, 5.74) is -3.47. The SMILES string of the molecule is CC[C@@H]1C[C@H](C)CC/C=C\[C@@H]2C[C@@]2(C(=O)NS(=O)(=O)C2CC2)NC(=O)[C@@H]2C[C@@H](Oc3cc(-c4cnc(C)s4)nc(-c4ncc(C)s4)c3)CN2C(=O)[C@H]1NC(=O)OC(C)(C)C(F)(F)F. The smallest absolute Gasteiger partial charge is 0.427 e. The molecule has 3 fully saturated rings. The maximum atomic E-state index is 15.0. The molecule has 63 heavy (non-hydrogen) atoms. The maximum Gasteiger partial charge on any atom is 0.427 e. The molecule has 3 aromatic rings. The number of ether oxygens (including phenoxy) is 2. The number of thiazole rings is 2. The highest BCUT2D eigenvalue weighted by atomic mass is 32.2. The van der Waals surface area contributed by atoms with E-state index in [0.717, 1.165) is 14.8 Å². The van der Waals surface area contributed by atoms with Crippen LogP contribution in [-0.2, 0) is 29.1 Å². The molecular weight excluding hydrogens is 884 g/mol. The van der Waals surface area contributed by atoms with Crippen LogP contribution in [0.4, 0.5) is 18.0 Å². The predicted molar refractivity (Wildman–Crippen MR) is 229 cm³/mol. The summed E-state index contributed by atoms with van der Waals surface area (Å²) in [6.45, 7) is 8.75. The molecule has 0 aromatic carbocycles. The van der Waals surface area contributed by atoms with Gasteiger partial charge in [0.15, 0.2) is 0 Å². The number of nitrogens with one attached hydrogen (secondary N) is 3. The lowest BCUT2D eigenvalue weighted by Crippen LogP contribution is -2.59. The molecule has 2 saturated carbocycles. The molecule has 4 aliphatic rings. The van der Waals surface area contributed by atoms with E-state index in [-0.39, 0.29) is 25.3 Å². The highest BCUT2D eigenvalue weighted by molar-refractivity contribution is 7.91. The normalized spacial score (nSPS) is 27.5. The van der Waals surface area contributed by atoms with Crippen LogP contribution in [0.3, 0.4) is 0 Å². The van der Waals surface area contributed by atoms with Crippen molar-refractivity contribution in [2.24, 2.45) is 17.8 Å². The van der Waals surface area contributed by atoms with Gasteiger partial charge in [0.05, 0.1) is 27.4 Å². The summed E-state index contributed by atoms with van der Waals surface area (Å²) in [6.07, 6.45) is 2.55. The van der Waals surface area contributed by atoms with Crippen molar-refractivity contribution < 1.29 is 50.2 Å². The number of allylic oxidation sites excluding steroid dienone is 1. The van der Waals surface area contributed by atoms with Crippen molar-refractivity contribution in [3.63, 3.8) is 0 Å². The Bertz CT molecular complexity index is 2320. The number of fused-ring (bicyclic) bond motifs is 2. The zero-order valence-electron chi connectivity index (χ0n) is 35.8. The summed E-state index contributed by atoms with van der Waals surface area (Å²) in [6, 6.07) is 0.662. The minimum atomic E-state index is -4.92. The fourth-order valence-electron chi connectivity index (χ4n) is 8.12. The van der Waals surface area contributed by atoms with E-state index in [9.17, 15) is 36.0 Å².